The van der Waals surface area contributed by atoms with Gasteiger partial charge in [-0.15, -0.1) is 0 Å². The highest BCUT2D eigenvalue weighted by Crippen LogP contribution is 2.13. The van der Waals surface area contributed by atoms with E-state index in [1.807, 2.05) is 6.08 Å². The predicted octanol–water partition coefficient (Wildman–Crippen LogP) is 13.2. The van der Waals surface area contributed by atoms with Gasteiger partial charge in [0, 0.05) is 6.42 Å². The van der Waals surface area contributed by atoms with Crippen LogP contribution in [-0.4, -0.2) is 41.9 Å². The fraction of sp³-hybridized carbons (Fsp3) is 0.761. The Morgan fingerprint density at radius 3 is 1.32 bits per heavy atom. The van der Waals surface area contributed by atoms with Gasteiger partial charge in [-0.2, -0.15) is 8.42 Å². The summed E-state index contributed by atoms with van der Waals surface area (Å²) in [7, 11) is -4.36. The van der Waals surface area contributed by atoms with Crippen molar-refractivity contribution in [3.05, 3.63) is 60.8 Å². The first-order chi connectivity index (χ1) is 25.8. The van der Waals surface area contributed by atoms with Crippen LogP contribution in [0.15, 0.2) is 60.8 Å². The normalized spacial score (nSPS) is 13.8. The Balaban J connectivity index is 3.97. The molecule has 0 aliphatic carbocycles. The van der Waals surface area contributed by atoms with Crippen LogP contribution >= 0.6 is 0 Å². The monoisotopic (exact) mass is 762 g/mol. The first kappa shape index (κ1) is 51.0. The number of rotatable bonds is 39. The topological polar surface area (TPSA) is 104 Å². The molecule has 0 aromatic carbocycles. The summed E-state index contributed by atoms with van der Waals surface area (Å²) in [5, 5.41) is 13.2. The van der Waals surface area contributed by atoms with Gasteiger partial charge in [-0.3, -0.25) is 9.35 Å². The van der Waals surface area contributed by atoms with Crippen LogP contribution in [0.3, 0.4) is 0 Å². The Bertz CT molecular complexity index is 1060. The van der Waals surface area contributed by atoms with Gasteiger partial charge < -0.3 is 10.4 Å². The van der Waals surface area contributed by atoms with Crippen molar-refractivity contribution in [1.82, 2.24) is 5.32 Å². The van der Waals surface area contributed by atoms with E-state index in [1.165, 1.54) is 128 Å². The van der Waals surface area contributed by atoms with E-state index in [9.17, 15) is 22.9 Å². The molecule has 0 aromatic rings. The average Bonchev–Trinajstić information content (AvgIpc) is 3.12. The molecule has 0 aliphatic heterocycles. The number of amides is 1. The summed E-state index contributed by atoms with van der Waals surface area (Å²) in [6.07, 6.45) is 54.9. The number of unbranched alkanes of at least 4 members (excludes halogenated alkanes) is 23. The Labute approximate surface area is 328 Å². The van der Waals surface area contributed by atoms with E-state index in [2.05, 4.69) is 67.8 Å². The van der Waals surface area contributed by atoms with Crippen LogP contribution < -0.4 is 5.32 Å². The molecule has 53 heavy (non-hydrogen) atoms. The lowest BCUT2D eigenvalue weighted by atomic mass is 10.1. The van der Waals surface area contributed by atoms with Gasteiger partial charge in [-0.1, -0.05) is 190 Å². The minimum atomic E-state index is -4.36. The molecule has 0 rings (SSSR count). The van der Waals surface area contributed by atoms with Gasteiger partial charge in [0.2, 0.25) is 5.91 Å². The maximum atomic E-state index is 12.5. The van der Waals surface area contributed by atoms with Gasteiger partial charge >= 0.3 is 0 Å². The predicted molar refractivity (Wildman–Crippen MR) is 230 cm³/mol. The van der Waals surface area contributed by atoms with Crippen molar-refractivity contribution in [3.8, 4) is 0 Å². The van der Waals surface area contributed by atoms with Crippen molar-refractivity contribution in [2.24, 2.45) is 0 Å². The van der Waals surface area contributed by atoms with Crippen LogP contribution in [0.4, 0.5) is 0 Å². The lowest BCUT2D eigenvalue weighted by molar-refractivity contribution is -0.122. The van der Waals surface area contributed by atoms with Gasteiger partial charge in [0.1, 0.15) is 0 Å². The minimum absolute atomic E-state index is 0.271. The highest BCUT2D eigenvalue weighted by atomic mass is 32.2. The van der Waals surface area contributed by atoms with Crippen molar-refractivity contribution in [3.63, 3.8) is 0 Å². The zero-order valence-electron chi connectivity index (χ0n) is 34.4. The molecule has 0 spiro atoms. The Morgan fingerprint density at radius 1 is 0.509 bits per heavy atom. The summed E-state index contributed by atoms with van der Waals surface area (Å²) in [4.78, 5) is 12.5. The molecule has 3 N–H and O–H groups in total. The molecule has 2 atom stereocenters. The van der Waals surface area contributed by atoms with Gasteiger partial charge in [0.15, 0.2) is 0 Å². The zero-order chi connectivity index (χ0) is 38.9. The quantitative estimate of drug-likeness (QED) is 0.0329. The van der Waals surface area contributed by atoms with Crippen LogP contribution in [0.5, 0.6) is 0 Å². The van der Waals surface area contributed by atoms with E-state index in [0.717, 1.165) is 51.4 Å². The molecule has 6 nitrogen and oxygen atoms in total. The molecule has 308 valence electrons. The zero-order valence-corrected chi connectivity index (χ0v) is 35.2. The first-order valence-corrected chi connectivity index (χ1v) is 23.6. The largest absolute Gasteiger partial charge is 0.387 e. The number of nitrogens with one attached hydrogen (secondary N) is 1. The number of aliphatic hydroxyl groups excluding tert-OH is 1. The summed E-state index contributed by atoms with van der Waals surface area (Å²) < 4.78 is 32.5. The molecule has 0 aliphatic rings. The first-order valence-electron chi connectivity index (χ1n) is 22.0. The van der Waals surface area contributed by atoms with Gasteiger partial charge in [-0.05, 0) is 70.6 Å². The number of hydrogen-bond donors (Lipinski definition) is 3. The van der Waals surface area contributed by atoms with E-state index >= 15 is 0 Å². The molecular weight excluding hydrogens is 679 g/mol. The maximum Gasteiger partial charge on any atom is 0.267 e. The number of aliphatic hydroxyl groups is 1. The number of hydrogen-bond acceptors (Lipinski definition) is 4. The van der Waals surface area contributed by atoms with Gasteiger partial charge in [0.05, 0.1) is 17.9 Å². The summed E-state index contributed by atoms with van der Waals surface area (Å²) >= 11 is 0. The molecule has 0 saturated heterocycles. The van der Waals surface area contributed by atoms with Gasteiger partial charge in [0.25, 0.3) is 10.1 Å². The van der Waals surface area contributed by atoms with Crippen molar-refractivity contribution >= 4 is 16.0 Å². The van der Waals surface area contributed by atoms with Crippen molar-refractivity contribution < 1.29 is 22.9 Å². The van der Waals surface area contributed by atoms with Crippen LogP contribution in [0.2, 0.25) is 0 Å². The van der Waals surface area contributed by atoms with Crippen LogP contribution in [-0.2, 0) is 14.9 Å². The fourth-order valence-electron chi connectivity index (χ4n) is 6.35. The molecule has 1 amide bonds. The fourth-order valence-corrected chi connectivity index (χ4v) is 7.09. The molecule has 0 saturated carbocycles. The lowest BCUT2D eigenvalue weighted by Gasteiger charge is -2.21. The summed E-state index contributed by atoms with van der Waals surface area (Å²) in [6.45, 7) is 4.51. The third-order valence-corrected chi connectivity index (χ3v) is 10.4. The molecule has 0 bridgehead atoms. The van der Waals surface area contributed by atoms with E-state index in [-0.39, 0.29) is 12.3 Å². The number of carbonyl (C=O) groups is 1. The Hall–Kier alpha value is -1.96. The standard InChI is InChI=1S/C46H83NO5S/c1-3-5-7-9-11-13-15-17-19-21-22-23-24-26-28-30-32-34-36-38-40-42-46(49)47-44(43-53(50,51)52)45(48)41-39-37-35-33-31-29-27-25-20-18-16-14-12-10-8-6-4-2/h15,17,21-22,24,26,31,33,39,41,44-45,48H,3-14,16,18-20,23,25,27-30,32,34-38,40,42-43H2,1-2H3,(H,47,49)(H,50,51,52)/b17-15-,22-21-,26-24-,33-31+,41-39+. The second-order valence-corrected chi connectivity index (χ2v) is 16.5. The Kier molecular flexibility index (Phi) is 38.3. The Morgan fingerprint density at radius 2 is 0.868 bits per heavy atom. The van der Waals surface area contributed by atoms with E-state index in [1.54, 1.807) is 0 Å². The third-order valence-electron chi connectivity index (χ3n) is 9.67. The summed E-state index contributed by atoms with van der Waals surface area (Å²) in [5.74, 6) is -1.02. The van der Waals surface area contributed by atoms with Crippen LogP contribution in [0.25, 0.3) is 0 Å². The third kappa shape index (κ3) is 41.1. The smallest absolute Gasteiger partial charge is 0.267 e. The molecule has 0 fully saturated rings. The molecule has 0 heterocycles. The average molecular weight is 762 g/mol. The van der Waals surface area contributed by atoms with Crippen molar-refractivity contribution in [2.75, 3.05) is 5.75 Å². The lowest BCUT2D eigenvalue weighted by Crippen LogP contribution is -2.46. The minimum Gasteiger partial charge on any atom is -0.387 e. The van der Waals surface area contributed by atoms with E-state index in [0.29, 0.717) is 12.8 Å². The number of carbonyl (C=O) groups excluding carboxylic acids is 1. The SMILES string of the molecule is CCCCCCC/C=C\C/C=C\C/C=C\CCCCCCCCC(=O)NC(CS(=O)(=O)O)C(O)/C=C/CC/C=C/CCCCCCCCCCCCC. The highest BCUT2D eigenvalue weighted by Gasteiger charge is 2.24. The molecule has 0 aromatic heterocycles. The number of allylic oxidation sites excluding steroid dienone is 9. The summed E-state index contributed by atoms with van der Waals surface area (Å²) in [5.41, 5.74) is 0. The summed E-state index contributed by atoms with van der Waals surface area (Å²) in [6, 6.07) is -1.08. The van der Waals surface area contributed by atoms with Crippen molar-refractivity contribution in [2.45, 2.75) is 219 Å². The maximum absolute atomic E-state index is 12.5. The second-order valence-electron chi connectivity index (χ2n) is 15.0. The van der Waals surface area contributed by atoms with Gasteiger partial charge in [-0.25, -0.2) is 0 Å². The second kappa shape index (κ2) is 39.7. The van der Waals surface area contributed by atoms with Crippen molar-refractivity contribution in [1.29, 1.82) is 0 Å². The highest BCUT2D eigenvalue weighted by molar-refractivity contribution is 7.85. The van der Waals surface area contributed by atoms with Crippen LogP contribution in [0, 0.1) is 0 Å². The van der Waals surface area contributed by atoms with E-state index < -0.39 is 28.0 Å². The molecule has 7 heteroatoms. The van der Waals surface area contributed by atoms with E-state index in [4.69, 9.17) is 0 Å². The molecule has 0 radical (unpaired) electrons. The molecule has 2 unspecified atom stereocenters. The molecular formula is C46H83NO5S. The van der Waals surface area contributed by atoms with Crippen LogP contribution in [0.1, 0.15) is 206 Å².